The van der Waals surface area contributed by atoms with Gasteiger partial charge in [-0.1, -0.05) is 11.8 Å². The molecule has 1 fully saturated rings. The van der Waals surface area contributed by atoms with E-state index >= 15 is 0 Å². The predicted molar refractivity (Wildman–Crippen MR) is 79.9 cm³/mol. The van der Waals surface area contributed by atoms with Crippen molar-refractivity contribution >= 4 is 16.9 Å². The number of rotatable bonds is 6. The highest BCUT2D eigenvalue weighted by molar-refractivity contribution is 8.14. The minimum Gasteiger partial charge on any atom is -0.396 e. The monoisotopic (exact) mass is 307 g/mol. The van der Waals surface area contributed by atoms with E-state index in [1.807, 2.05) is 0 Å². The molecule has 0 aromatic rings. The molecule has 0 spiro atoms. The van der Waals surface area contributed by atoms with E-state index in [4.69, 9.17) is 9.84 Å². The summed E-state index contributed by atoms with van der Waals surface area (Å²) in [5.41, 5.74) is -0.246. The largest absolute Gasteiger partial charge is 0.396 e. The van der Waals surface area contributed by atoms with E-state index in [9.17, 15) is 10.2 Å². The molecule has 118 valence electrons. The van der Waals surface area contributed by atoms with Crippen molar-refractivity contribution in [3.8, 4) is 0 Å². The number of aliphatic imine (C=N–C) groups is 1. The molecule has 0 aromatic heterocycles. The Labute approximate surface area is 123 Å². The van der Waals surface area contributed by atoms with E-state index in [0.717, 1.165) is 5.17 Å². The summed E-state index contributed by atoms with van der Waals surface area (Å²) >= 11 is 1.40. The first kappa shape index (κ1) is 17.7. The van der Waals surface area contributed by atoms with Gasteiger partial charge in [0.05, 0.1) is 12.2 Å². The van der Waals surface area contributed by atoms with E-state index in [-0.39, 0.29) is 12.0 Å². The number of hydrogen-bond acceptors (Lipinski definition) is 7. The van der Waals surface area contributed by atoms with Crippen LogP contribution in [0.5, 0.6) is 0 Å². The van der Waals surface area contributed by atoms with Crippen LogP contribution in [0.1, 0.15) is 12.8 Å². The number of nitrogens with zero attached hydrogens (tertiary/aromatic N) is 1. The van der Waals surface area contributed by atoms with Gasteiger partial charge in [0.25, 0.3) is 0 Å². The smallest absolute Gasteiger partial charge is 0.158 e. The summed E-state index contributed by atoms with van der Waals surface area (Å²) in [6.07, 6.45) is -1.16. The van der Waals surface area contributed by atoms with Crippen LogP contribution in [0.25, 0.3) is 0 Å². The molecule has 20 heavy (non-hydrogen) atoms. The molecular weight excluding hydrogens is 282 g/mol. The third-order valence-electron chi connectivity index (χ3n) is 3.05. The van der Waals surface area contributed by atoms with Crippen molar-refractivity contribution in [3.63, 3.8) is 0 Å². The van der Waals surface area contributed by atoms with Crippen molar-refractivity contribution in [2.24, 2.45) is 4.99 Å². The van der Waals surface area contributed by atoms with Gasteiger partial charge < -0.3 is 30.7 Å². The molecular formula is C12H25N3O4S. The maximum atomic E-state index is 9.94. The third-order valence-corrected chi connectivity index (χ3v) is 4.23. The van der Waals surface area contributed by atoms with Gasteiger partial charge in [-0.15, -0.1) is 0 Å². The first-order valence-electron chi connectivity index (χ1n) is 6.76. The van der Waals surface area contributed by atoms with Gasteiger partial charge in [0.2, 0.25) is 0 Å². The molecule has 0 saturated carbocycles. The minimum absolute atomic E-state index is 0.126. The molecule has 0 amide bonds. The number of amidine groups is 1. The Morgan fingerprint density at radius 2 is 2.20 bits per heavy atom. The summed E-state index contributed by atoms with van der Waals surface area (Å²) in [7, 11) is 3.46. The second kappa shape index (κ2) is 9.54. The van der Waals surface area contributed by atoms with Gasteiger partial charge in [-0.3, -0.25) is 4.99 Å². The third kappa shape index (κ3) is 5.55. The van der Waals surface area contributed by atoms with Crippen LogP contribution in [0, 0.1) is 0 Å². The van der Waals surface area contributed by atoms with Crippen molar-refractivity contribution in [1.29, 1.82) is 0 Å². The van der Waals surface area contributed by atoms with Gasteiger partial charge in [-0.25, -0.2) is 0 Å². The molecule has 1 aliphatic rings. The number of nitrogens with one attached hydrogen (secondary N) is 2. The van der Waals surface area contributed by atoms with E-state index in [0.29, 0.717) is 25.9 Å². The van der Waals surface area contributed by atoms with Crippen LogP contribution in [0.15, 0.2) is 4.99 Å². The highest BCUT2D eigenvalue weighted by Gasteiger charge is 2.37. The Kier molecular flexibility index (Phi) is 8.43. The molecule has 1 saturated heterocycles. The SMILES string of the molecule is CN=C(NC)SC1CC(O)C(O)C(CNCCCO)O1. The Bertz CT molecular complexity index is 306. The zero-order valence-corrected chi connectivity index (χ0v) is 12.8. The topological polar surface area (TPSA) is 106 Å². The van der Waals surface area contributed by atoms with Crippen molar-refractivity contribution in [3.05, 3.63) is 0 Å². The van der Waals surface area contributed by atoms with Gasteiger partial charge in [-0.05, 0) is 13.0 Å². The Morgan fingerprint density at radius 1 is 1.45 bits per heavy atom. The maximum Gasteiger partial charge on any atom is 0.158 e. The Balaban J connectivity index is 2.47. The number of ether oxygens (including phenoxy) is 1. The summed E-state index contributed by atoms with van der Waals surface area (Å²) in [5, 5.41) is 35.3. The first-order chi connectivity index (χ1) is 9.62. The molecule has 1 heterocycles. The number of aliphatic hydroxyl groups excluding tert-OH is 3. The van der Waals surface area contributed by atoms with Gasteiger partial charge in [0, 0.05) is 33.7 Å². The fourth-order valence-electron chi connectivity index (χ4n) is 1.96. The Hall–Kier alpha value is -0.380. The minimum atomic E-state index is -0.898. The average molecular weight is 307 g/mol. The maximum absolute atomic E-state index is 9.94. The van der Waals surface area contributed by atoms with Crippen LogP contribution in [0.3, 0.4) is 0 Å². The molecule has 8 heteroatoms. The second-order valence-corrected chi connectivity index (χ2v) is 5.72. The highest BCUT2D eigenvalue weighted by Crippen LogP contribution is 2.28. The van der Waals surface area contributed by atoms with Crippen LogP contribution in [-0.2, 0) is 4.74 Å². The van der Waals surface area contributed by atoms with Crippen LogP contribution in [0.2, 0.25) is 0 Å². The highest BCUT2D eigenvalue weighted by atomic mass is 32.2. The van der Waals surface area contributed by atoms with Gasteiger partial charge in [-0.2, -0.15) is 0 Å². The lowest BCUT2D eigenvalue weighted by atomic mass is 10.0. The molecule has 0 bridgehead atoms. The van der Waals surface area contributed by atoms with Gasteiger partial charge in [0.15, 0.2) is 5.17 Å². The van der Waals surface area contributed by atoms with Crippen molar-refractivity contribution in [2.75, 3.05) is 33.8 Å². The van der Waals surface area contributed by atoms with Crippen LogP contribution < -0.4 is 10.6 Å². The molecule has 0 radical (unpaired) electrons. The molecule has 4 atom stereocenters. The summed E-state index contributed by atoms with van der Waals surface area (Å²) in [5.74, 6) is 0. The lowest BCUT2D eigenvalue weighted by Gasteiger charge is -2.37. The lowest BCUT2D eigenvalue weighted by molar-refractivity contribution is -0.142. The molecule has 0 aromatic carbocycles. The lowest BCUT2D eigenvalue weighted by Crippen LogP contribution is -2.51. The van der Waals surface area contributed by atoms with E-state index in [1.54, 1.807) is 14.1 Å². The molecule has 0 aliphatic carbocycles. The molecule has 7 nitrogen and oxygen atoms in total. The summed E-state index contributed by atoms with van der Waals surface area (Å²) < 4.78 is 5.79. The average Bonchev–Trinajstić information content (AvgIpc) is 2.45. The van der Waals surface area contributed by atoms with Gasteiger partial charge in [0.1, 0.15) is 11.5 Å². The van der Waals surface area contributed by atoms with Crippen molar-refractivity contribution < 1.29 is 20.1 Å². The predicted octanol–water partition coefficient (Wildman–Crippen LogP) is -1.27. The molecule has 1 rings (SSSR count). The number of hydrogen-bond donors (Lipinski definition) is 5. The standard InChI is InChI=1S/C12H25N3O4S/c1-13-12(14-2)20-10-6-8(17)11(18)9(19-10)7-15-4-3-5-16/h8-11,15-18H,3-7H2,1-2H3,(H,13,14). The summed E-state index contributed by atoms with van der Waals surface area (Å²) in [6.45, 7) is 1.21. The zero-order chi connectivity index (χ0) is 15.0. The fourth-order valence-corrected chi connectivity index (χ4v) is 2.92. The Morgan fingerprint density at radius 3 is 2.80 bits per heavy atom. The normalized spacial score (nSPS) is 31.4. The summed E-state index contributed by atoms with van der Waals surface area (Å²) in [4.78, 5) is 4.06. The number of thioether (sulfide) groups is 1. The molecule has 4 unspecified atom stereocenters. The zero-order valence-electron chi connectivity index (χ0n) is 12.0. The summed E-state index contributed by atoms with van der Waals surface area (Å²) in [6, 6.07) is 0. The van der Waals surface area contributed by atoms with E-state index < -0.39 is 18.3 Å². The van der Waals surface area contributed by atoms with E-state index in [1.165, 1.54) is 11.8 Å². The quantitative estimate of drug-likeness (QED) is 0.237. The molecule has 5 N–H and O–H groups in total. The molecule has 1 aliphatic heterocycles. The number of aliphatic hydroxyl groups is 3. The van der Waals surface area contributed by atoms with Crippen LogP contribution in [-0.4, -0.2) is 78.0 Å². The van der Waals surface area contributed by atoms with Crippen molar-refractivity contribution in [2.45, 2.75) is 36.6 Å². The first-order valence-corrected chi connectivity index (χ1v) is 7.64. The second-order valence-electron chi connectivity index (χ2n) is 4.58. The van der Waals surface area contributed by atoms with Crippen LogP contribution in [0.4, 0.5) is 0 Å². The van der Waals surface area contributed by atoms with Gasteiger partial charge >= 0.3 is 0 Å². The van der Waals surface area contributed by atoms with E-state index in [2.05, 4.69) is 15.6 Å². The fraction of sp³-hybridized carbons (Fsp3) is 0.917. The van der Waals surface area contributed by atoms with Crippen LogP contribution >= 0.6 is 11.8 Å². The van der Waals surface area contributed by atoms with Crippen molar-refractivity contribution in [1.82, 2.24) is 10.6 Å².